The summed E-state index contributed by atoms with van der Waals surface area (Å²) in [6.07, 6.45) is 14.0. The number of piperazine rings is 1. The van der Waals surface area contributed by atoms with Crippen LogP contribution in [0, 0.1) is 5.92 Å². The molecule has 0 aromatic rings. The van der Waals surface area contributed by atoms with Crippen LogP contribution in [0.1, 0.15) is 58.3 Å². The molecule has 116 valence electrons. The highest BCUT2D eigenvalue weighted by molar-refractivity contribution is 7.99. The van der Waals surface area contributed by atoms with Crippen molar-refractivity contribution in [1.82, 2.24) is 10.2 Å². The van der Waals surface area contributed by atoms with Crippen molar-refractivity contribution in [3.8, 4) is 0 Å². The smallest absolute Gasteiger partial charge is 0.0224 e. The third-order valence-corrected chi connectivity index (χ3v) is 7.17. The maximum absolute atomic E-state index is 3.88. The minimum Gasteiger partial charge on any atom is -0.311 e. The summed E-state index contributed by atoms with van der Waals surface area (Å²) < 4.78 is 0. The Morgan fingerprint density at radius 1 is 1.00 bits per heavy atom. The molecule has 2 aliphatic carbocycles. The molecule has 1 aliphatic heterocycles. The van der Waals surface area contributed by atoms with Gasteiger partial charge in [-0.2, -0.15) is 11.8 Å². The van der Waals surface area contributed by atoms with Gasteiger partial charge >= 0.3 is 0 Å². The minimum absolute atomic E-state index is 0.729. The summed E-state index contributed by atoms with van der Waals surface area (Å²) in [5.41, 5.74) is 0. The summed E-state index contributed by atoms with van der Waals surface area (Å²) in [5, 5.41) is 4.77. The molecule has 2 nitrogen and oxygen atoms in total. The maximum atomic E-state index is 3.88. The van der Waals surface area contributed by atoms with Crippen molar-refractivity contribution < 1.29 is 0 Å². The van der Waals surface area contributed by atoms with Gasteiger partial charge in [0, 0.05) is 36.5 Å². The summed E-state index contributed by atoms with van der Waals surface area (Å²) in [7, 11) is 0. The second-order valence-electron chi connectivity index (χ2n) is 7.23. The fourth-order valence-electron chi connectivity index (χ4n) is 4.79. The Hall–Kier alpha value is 0.270. The lowest BCUT2D eigenvalue weighted by molar-refractivity contribution is 0.0696. The summed E-state index contributed by atoms with van der Waals surface area (Å²) in [5.74, 6) is 0.952. The monoisotopic (exact) mass is 296 g/mol. The summed E-state index contributed by atoms with van der Waals surface area (Å²) in [4.78, 5) is 2.88. The summed E-state index contributed by atoms with van der Waals surface area (Å²) in [6.45, 7) is 4.95. The molecule has 2 saturated carbocycles. The van der Waals surface area contributed by atoms with Crippen LogP contribution in [-0.2, 0) is 0 Å². The molecule has 0 aromatic heterocycles. The van der Waals surface area contributed by atoms with Crippen molar-refractivity contribution in [1.29, 1.82) is 0 Å². The second kappa shape index (κ2) is 7.02. The highest BCUT2D eigenvalue weighted by atomic mass is 32.2. The second-order valence-corrected chi connectivity index (χ2v) is 8.31. The SMILES string of the molecule is CSC1CCCC1N1CC(C2CCCCC2)NCC1C. The van der Waals surface area contributed by atoms with Crippen LogP contribution < -0.4 is 5.32 Å². The first-order valence-corrected chi connectivity index (χ1v) is 10.1. The Balaban J connectivity index is 1.63. The lowest BCUT2D eigenvalue weighted by atomic mass is 9.82. The van der Waals surface area contributed by atoms with E-state index in [2.05, 4.69) is 35.2 Å². The molecule has 1 heterocycles. The molecule has 4 atom stereocenters. The van der Waals surface area contributed by atoms with Crippen LogP contribution in [0.5, 0.6) is 0 Å². The van der Waals surface area contributed by atoms with Crippen LogP contribution in [0.4, 0.5) is 0 Å². The molecule has 1 N–H and O–H groups in total. The molecular weight excluding hydrogens is 264 g/mol. The first kappa shape index (κ1) is 15.2. The van der Waals surface area contributed by atoms with Gasteiger partial charge in [-0.1, -0.05) is 25.7 Å². The van der Waals surface area contributed by atoms with Gasteiger partial charge in [0.05, 0.1) is 0 Å². The average molecular weight is 297 g/mol. The van der Waals surface area contributed by atoms with Crippen LogP contribution >= 0.6 is 11.8 Å². The van der Waals surface area contributed by atoms with Gasteiger partial charge in [-0.25, -0.2) is 0 Å². The van der Waals surface area contributed by atoms with Crippen LogP contribution in [-0.4, -0.2) is 47.6 Å². The molecule has 0 aromatic carbocycles. The largest absolute Gasteiger partial charge is 0.311 e. The summed E-state index contributed by atoms with van der Waals surface area (Å²) >= 11 is 2.11. The zero-order valence-corrected chi connectivity index (χ0v) is 14.1. The molecule has 20 heavy (non-hydrogen) atoms. The number of thioether (sulfide) groups is 1. The van der Waals surface area contributed by atoms with E-state index in [0.717, 1.165) is 29.3 Å². The van der Waals surface area contributed by atoms with E-state index in [1.165, 1.54) is 64.5 Å². The number of hydrogen-bond acceptors (Lipinski definition) is 3. The third kappa shape index (κ3) is 3.20. The molecule has 4 unspecified atom stereocenters. The average Bonchev–Trinajstić information content (AvgIpc) is 2.97. The fourth-order valence-corrected chi connectivity index (χ4v) is 5.80. The number of rotatable bonds is 3. The van der Waals surface area contributed by atoms with E-state index in [0.29, 0.717) is 0 Å². The Kier molecular flexibility index (Phi) is 5.33. The first-order valence-electron chi connectivity index (χ1n) is 8.81. The van der Waals surface area contributed by atoms with Crippen molar-refractivity contribution in [2.45, 2.75) is 81.7 Å². The predicted molar refractivity (Wildman–Crippen MR) is 89.5 cm³/mol. The van der Waals surface area contributed by atoms with Crippen LogP contribution in [0.25, 0.3) is 0 Å². The van der Waals surface area contributed by atoms with Gasteiger partial charge in [0.25, 0.3) is 0 Å². The first-order chi connectivity index (χ1) is 9.79. The molecule has 0 amide bonds. The summed E-state index contributed by atoms with van der Waals surface area (Å²) in [6, 6.07) is 2.36. The Morgan fingerprint density at radius 2 is 1.80 bits per heavy atom. The van der Waals surface area contributed by atoms with Crippen LogP contribution in [0.3, 0.4) is 0 Å². The normalized spacial score (nSPS) is 41.1. The van der Waals surface area contributed by atoms with Gasteiger partial charge in [-0.05, 0) is 44.8 Å². The highest BCUT2D eigenvalue weighted by Crippen LogP contribution is 2.35. The molecule has 3 fully saturated rings. The highest BCUT2D eigenvalue weighted by Gasteiger charge is 2.38. The van der Waals surface area contributed by atoms with Crippen molar-refractivity contribution >= 4 is 11.8 Å². The van der Waals surface area contributed by atoms with Gasteiger partial charge in [-0.15, -0.1) is 0 Å². The van der Waals surface area contributed by atoms with Crippen molar-refractivity contribution in [2.24, 2.45) is 5.92 Å². The van der Waals surface area contributed by atoms with Crippen LogP contribution in [0.15, 0.2) is 0 Å². The van der Waals surface area contributed by atoms with Crippen molar-refractivity contribution in [2.75, 3.05) is 19.3 Å². The minimum atomic E-state index is 0.729. The standard InChI is InChI=1S/C17H32N2S/c1-13-11-18-15(14-7-4-3-5-8-14)12-19(13)16-9-6-10-17(16)20-2/h13-18H,3-12H2,1-2H3. The van der Waals surface area contributed by atoms with E-state index < -0.39 is 0 Å². The van der Waals surface area contributed by atoms with Crippen LogP contribution in [0.2, 0.25) is 0 Å². The van der Waals surface area contributed by atoms with E-state index >= 15 is 0 Å². The van der Waals surface area contributed by atoms with E-state index in [4.69, 9.17) is 0 Å². The molecular formula is C17H32N2S. The lowest BCUT2D eigenvalue weighted by Gasteiger charge is -2.46. The van der Waals surface area contributed by atoms with E-state index in [1.54, 1.807) is 0 Å². The molecule has 1 saturated heterocycles. The molecule has 0 spiro atoms. The quantitative estimate of drug-likeness (QED) is 0.858. The number of hydrogen-bond donors (Lipinski definition) is 1. The zero-order chi connectivity index (χ0) is 13.9. The van der Waals surface area contributed by atoms with Gasteiger partial charge < -0.3 is 5.32 Å². The topological polar surface area (TPSA) is 15.3 Å². The van der Waals surface area contributed by atoms with E-state index in [9.17, 15) is 0 Å². The van der Waals surface area contributed by atoms with E-state index in [-0.39, 0.29) is 0 Å². The number of nitrogens with one attached hydrogen (secondary N) is 1. The molecule has 3 rings (SSSR count). The van der Waals surface area contributed by atoms with E-state index in [1.807, 2.05) is 0 Å². The third-order valence-electron chi connectivity index (χ3n) is 6.01. The maximum Gasteiger partial charge on any atom is 0.0224 e. The van der Waals surface area contributed by atoms with Crippen molar-refractivity contribution in [3.63, 3.8) is 0 Å². The van der Waals surface area contributed by atoms with Gasteiger partial charge in [0.15, 0.2) is 0 Å². The molecule has 3 heteroatoms. The Labute approximate surface area is 129 Å². The number of nitrogens with zero attached hydrogens (tertiary/aromatic N) is 1. The predicted octanol–water partition coefficient (Wildman–Crippen LogP) is 3.51. The zero-order valence-electron chi connectivity index (χ0n) is 13.3. The lowest BCUT2D eigenvalue weighted by Crippen LogP contribution is -2.61. The molecule has 3 aliphatic rings. The van der Waals surface area contributed by atoms with Gasteiger partial charge in [0.2, 0.25) is 0 Å². The Bertz CT molecular complexity index is 303. The van der Waals surface area contributed by atoms with Crippen molar-refractivity contribution in [3.05, 3.63) is 0 Å². The molecule has 0 bridgehead atoms. The molecule has 0 radical (unpaired) electrons. The Morgan fingerprint density at radius 3 is 2.55 bits per heavy atom. The van der Waals surface area contributed by atoms with Gasteiger partial charge in [-0.3, -0.25) is 4.90 Å². The fraction of sp³-hybridized carbons (Fsp3) is 1.00. The van der Waals surface area contributed by atoms with Gasteiger partial charge in [0.1, 0.15) is 0 Å².